The zero-order valence-corrected chi connectivity index (χ0v) is 16.9. The van der Waals surface area contributed by atoms with Crippen LogP contribution in [-0.4, -0.2) is 26.1 Å². The number of ether oxygens (including phenoxy) is 2. The minimum atomic E-state index is -0.0578. The summed E-state index contributed by atoms with van der Waals surface area (Å²) in [5.41, 5.74) is 1.82. The maximum atomic E-state index is 12.5. The Morgan fingerprint density at radius 2 is 1.59 bits per heavy atom. The van der Waals surface area contributed by atoms with E-state index in [1.54, 1.807) is 0 Å². The largest absolute Gasteiger partial charge is 0.494 e. The second kappa shape index (κ2) is 10.3. The highest BCUT2D eigenvalue weighted by molar-refractivity contribution is 5.93. The quantitative estimate of drug-likeness (QED) is 0.587. The summed E-state index contributed by atoms with van der Waals surface area (Å²) in [6.07, 6.45) is 0. The molecule has 1 atom stereocenters. The molecule has 29 heavy (non-hydrogen) atoms. The summed E-state index contributed by atoms with van der Waals surface area (Å²) < 4.78 is 11.4. The Labute approximate surface area is 171 Å². The number of rotatable bonds is 9. The average molecular weight is 391 g/mol. The minimum Gasteiger partial charge on any atom is -0.494 e. The molecule has 0 fully saturated rings. The van der Waals surface area contributed by atoms with Crippen LogP contribution in [0.2, 0.25) is 0 Å². The molecule has 0 aliphatic carbocycles. The maximum absolute atomic E-state index is 12.5. The topological polar surface area (TPSA) is 52.0 Å². The van der Waals surface area contributed by atoms with Crippen LogP contribution in [0.25, 0.3) is 0 Å². The first-order chi connectivity index (χ1) is 14.1. The number of para-hydroxylation sites is 3. The predicted molar refractivity (Wildman–Crippen MR) is 115 cm³/mol. The zero-order chi connectivity index (χ0) is 20.5. The number of nitrogens with one attached hydrogen (secondary N) is 2. The Kier molecular flexibility index (Phi) is 7.25. The molecule has 0 saturated heterocycles. The molecular weight excluding hydrogens is 364 g/mol. The van der Waals surface area contributed by atoms with Crippen molar-refractivity contribution in [1.82, 2.24) is 0 Å². The Balaban J connectivity index is 1.56. The molecule has 0 aliphatic rings. The van der Waals surface area contributed by atoms with Gasteiger partial charge in [-0.05, 0) is 55.5 Å². The molecule has 0 radical (unpaired) electrons. The van der Waals surface area contributed by atoms with Crippen LogP contribution in [0.1, 0.15) is 12.5 Å². The molecule has 150 valence electrons. The number of benzene rings is 3. The van der Waals surface area contributed by atoms with Gasteiger partial charge in [0.25, 0.3) is 5.91 Å². The summed E-state index contributed by atoms with van der Waals surface area (Å²) in [4.78, 5) is 13.6. The van der Waals surface area contributed by atoms with Gasteiger partial charge in [-0.1, -0.05) is 30.3 Å². The molecule has 0 aromatic heterocycles. The molecule has 3 rings (SSSR count). The van der Waals surface area contributed by atoms with Crippen LogP contribution in [0.15, 0.2) is 78.9 Å². The van der Waals surface area contributed by atoms with Crippen molar-refractivity contribution in [2.24, 2.45) is 0 Å². The summed E-state index contributed by atoms with van der Waals surface area (Å²) in [6.45, 7) is 3.72. The third kappa shape index (κ3) is 6.36. The highest BCUT2D eigenvalue weighted by Crippen LogP contribution is 2.28. The first-order valence-electron chi connectivity index (χ1n) is 9.79. The van der Waals surface area contributed by atoms with E-state index in [9.17, 15) is 4.79 Å². The molecule has 0 heterocycles. The van der Waals surface area contributed by atoms with Gasteiger partial charge in [0, 0.05) is 5.56 Å². The molecule has 0 aliphatic heterocycles. The van der Waals surface area contributed by atoms with Gasteiger partial charge in [-0.25, -0.2) is 0 Å². The number of hydrogen-bond donors (Lipinski definition) is 2. The highest BCUT2D eigenvalue weighted by Gasteiger charge is 2.13. The van der Waals surface area contributed by atoms with Crippen LogP contribution in [-0.2, 0) is 11.3 Å². The lowest BCUT2D eigenvalue weighted by molar-refractivity contribution is -0.885. The summed E-state index contributed by atoms with van der Waals surface area (Å²) in [5, 5.41) is 2.97. The first kappa shape index (κ1) is 20.4. The predicted octanol–water partition coefficient (Wildman–Crippen LogP) is 3.53. The van der Waals surface area contributed by atoms with Crippen molar-refractivity contribution >= 4 is 11.6 Å². The van der Waals surface area contributed by atoms with E-state index in [1.807, 2.05) is 92.8 Å². The van der Waals surface area contributed by atoms with Crippen LogP contribution < -0.4 is 19.7 Å². The second-order valence-electron chi connectivity index (χ2n) is 6.85. The van der Waals surface area contributed by atoms with Crippen LogP contribution in [0.4, 0.5) is 5.69 Å². The van der Waals surface area contributed by atoms with Crippen LogP contribution in [0.3, 0.4) is 0 Å². The lowest BCUT2D eigenvalue weighted by Crippen LogP contribution is -3.08. The third-order valence-corrected chi connectivity index (χ3v) is 4.33. The van der Waals surface area contributed by atoms with Gasteiger partial charge in [-0.2, -0.15) is 0 Å². The molecule has 2 N–H and O–H groups in total. The number of hydrogen-bond acceptors (Lipinski definition) is 3. The normalized spacial score (nSPS) is 11.5. The van der Waals surface area contributed by atoms with Gasteiger partial charge >= 0.3 is 0 Å². The summed E-state index contributed by atoms with van der Waals surface area (Å²) >= 11 is 0. The van der Waals surface area contributed by atoms with Gasteiger partial charge in [-0.3, -0.25) is 4.79 Å². The molecule has 5 nitrogen and oxygen atoms in total. The van der Waals surface area contributed by atoms with Crippen LogP contribution >= 0.6 is 0 Å². The summed E-state index contributed by atoms with van der Waals surface area (Å²) in [6, 6.07) is 25.0. The molecule has 1 amide bonds. The molecule has 3 aromatic rings. The maximum Gasteiger partial charge on any atom is 0.279 e. The van der Waals surface area contributed by atoms with Crippen LogP contribution in [0.5, 0.6) is 17.2 Å². The monoisotopic (exact) mass is 391 g/mol. The second-order valence-corrected chi connectivity index (χ2v) is 6.85. The van der Waals surface area contributed by atoms with Crippen molar-refractivity contribution in [3.63, 3.8) is 0 Å². The van der Waals surface area contributed by atoms with Gasteiger partial charge in [0.15, 0.2) is 12.3 Å². The van der Waals surface area contributed by atoms with Gasteiger partial charge in [0.05, 0.1) is 19.3 Å². The van der Waals surface area contributed by atoms with E-state index in [2.05, 4.69) is 5.32 Å². The first-order valence-corrected chi connectivity index (χ1v) is 9.79. The van der Waals surface area contributed by atoms with E-state index in [4.69, 9.17) is 9.47 Å². The molecule has 5 heteroatoms. The minimum absolute atomic E-state index is 0.0578. The molecule has 0 bridgehead atoms. The van der Waals surface area contributed by atoms with Gasteiger partial charge in [-0.15, -0.1) is 0 Å². The molecule has 3 aromatic carbocycles. The van der Waals surface area contributed by atoms with E-state index in [0.29, 0.717) is 24.6 Å². The Morgan fingerprint density at radius 3 is 2.31 bits per heavy atom. The van der Waals surface area contributed by atoms with Crippen molar-refractivity contribution in [1.29, 1.82) is 0 Å². The van der Waals surface area contributed by atoms with Gasteiger partial charge in [0.1, 0.15) is 18.0 Å². The van der Waals surface area contributed by atoms with Crippen LogP contribution in [0, 0.1) is 0 Å². The SMILES string of the molecule is CCOc1ccc(C[NH+](C)CC(=O)Nc2ccccc2Oc2ccccc2)cc1. The molecule has 0 saturated carbocycles. The molecule has 1 unspecified atom stereocenters. The summed E-state index contributed by atoms with van der Waals surface area (Å²) in [5.74, 6) is 2.16. The van der Waals surface area contributed by atoms with Gasteiger partial charge < -0.3 is 19.7 Å². The lowest BCUT2D eigenvalue weighted by atomic mass is 10.2. The average Bonchev–Trinajstić information content (AvgIpc) is 2.72. The number of anilines is 1. The van der Waals surface area contributed by atoms with Crippen molar-refractivity contribution in [2.75, 3.05) is 25.5 Å². The smallest absolute Gasteiger partial charge is 0.279 e. The highest BCUT2D eigenvalue weighted by atomic mass is 16.5. The van der Waals surface area contributed by atoms with Crippen molar-refractivity contribution in [3.05, 3.63) is 84.4 Å². The Hall–Kier alpha value is -3.31. The molecular formula is C24H27N2O3+. The number of carbonyl (C=O) groups excluding carboxylic acids is 1. The zero-order valence-electron chi connectivity index (χ0n) is 16.9. The molecule has 0 spiro atoms. The number of carbonyl (C=O) groups is 1. The standard InChI is InChI=1S/C24H26N2O3/c1-3-28-20-15-13-19(14-16-20)17-26(2)18-24(27)25-22-11-7-8-12-23(22)29-21-9-5-4-6-10-21/h4-16H,3,17-18H2,1-2H3,(H,25,27)/p+1. The third-order valence-electron chi connectivity index (χ3n) is 4.33. The van der Waals surface area contributed by atoms with Crippen molar-refractivity contribution in [3.8, 4) is 17.2 Å². The van der Waals surface area contributed by atoms with E-state index >= 15 is 0 Å². The van der Waals surface area contributed by atoms with Crippen molar-refractivity contribution in [2.45, 2.75) is 13.5 Å². The fraction of sp³-hybridized carbons (Fsp3) is 0.208. The van der Waals surface area contributed by atoms with E-state index in [-0.39, 0.29) is 5.91 Å². The number of quaternary nitrogens is 1. The van der Waals surface area contributed by atoms with Gasteiger partial charge in [0.2, 0.25) is 0 Å². The fourth-order valence-electron chi connectivity index (χ4n) is 3.02. The summed E-state index contributed by atoms with van der Waals surface area (Å²) in [7, 11) is 2.00. The van der Waals surface area contributed by atoms with E-state index < -0.39 is 0 Å². The Bertz CT molecular complexity index is 911. The number of amides is 1. The van der Waals surface area contributed by atoms with E-state index in [1.165, 1.54) is 0 Å². The van der Waals surface area contributed by atoms with Crippen molar-refractivity contribution < 1.29 is 19.2 Å². The fourth-order valence-corrected chi connectivity index (χ4v) is 3.02. The Morgan fingerprint density at radius 1 is 0.897 bits per heavy atom. The van der Waals surface area contributed by atoms with E-state index in [0.717, 1.165) is 28.5 Å². The lowest BCUT2D eigenvalue weighted by Gasteiger charge is -2.16. The number of likely N-dealkylation sites (N-methyl/N-ethyl adjacent to an activating group) is 1.